The Hall–Kier alpha value is -2.44. The van der Waals surface area contributed by atoms with Crippen molar-refractivity contribution in [3.8, 4) is 28.4 Å². The lowest BCUT2D eigenvalue weighted by Gasteiger charge is -2.07. The van der Waals surface area contributed by atoms with Crippen LogP contribution in [0.15, 0.2) is 16.8 Å². The molecule has 6 nitrogen and oxygen atoms in total. The molecule has 0 bridgehead atoms. The smallest absolute Gasteiger partial charge is 0.231 e. The van der Waals surface area contributed by atoms with Crippen LogP contribution in [-0.4, -0.2) is 17.1 Å². The van der Waals surface area contributed by atoms with E-state index >= 15 is 0 Å². The third-order valence-electron chi connectivity index (χ3n) is 2.46. The van der Waals surface area contributed by atoms with Crippen molar-refractivity contribution in [2.45, 2.75) is 0 Å². The van der Waals surface area contributed by atoms with Gasteiger partial charge < -0.3 is 24.8 Å². The minimum Gasteiger partial charge on any atom is -0.504 e. The van der Waals surface area contributed by atoms with Gasteiger partial charge in [0, 0.05) is 6.07 Å². The minimum absolute atomic E-state index is 0.0383. The highest BCUT2D eigenvalue weighted by Crippen LogP contribution is 2.49. The molecule has 0 atom stereocenters. The Morgan fingerprint density at radius 2 is 2.24 bits per heavy atom. The highest BCUT2D eigenvalue weighted by Gasteiger charge is 2.28. The summed E-state index contributed by atoms with van der Waals surface area (Å²) in [5.41, 5.74) is 5.86. The second-order valence-corrected chi connectivity index (χ2v) is 3.42. The van der Waals surface area contributed by atoms with Crippen LogP contribution in [0, 0.1) is 5.82 Å². The van der Waals surface area contributed by atoms with Crippen LogP contribution in [0.25, 0.3) is 11.1 Å². The van der Waals surface area contributed by atoms with Crippen molar-refractivity contribution in [2.24, 2.45) is 0 Å². The third-order valence-corrected chi connectivity index (χ3v) is 2.46. The number of nitrogens with two attached hydrogens (primary N) is 1. The van der Waals surface area contributed by atoms with E-state index in [1.54, 1.807) is 0 Å². The number of fused-ring (bicyclic) bond motifs is 1. The molecule has 0 amide bonds. The first-order chi connectivity index (χ1) is 8.18. The second kappa shape index (κ2) is 3.27. The largest absolute Gasteiger partial charge is 0.504 e. The monoisotopic (exact) mass is 238 g/mol. The number of nitrogen functional groups attached to an aromatic ring is 1. The molecule has 1 aliphatic rings. The van der Waals surface area contributed by atoms with E-state index in [-0.39, 0.29) is 35.3 Å². The van der Waals surface area contributed by atoms with Crippen LogP contribution in [0.4, 0.5) is 10.3 Å². The van der Waals surface area contributed by atoms with Gasteiger partial charge in [-0.05, 0) is 0 Å². The summed E-state index contributed by atoms with van der Waals surface area (Å²) in [5.74, 6) is -1.02. The number of phenols is 1. The molecule has 7 heteroatoms. The van der Waals surface area contributed by atoms with Crippen LogP contribution in [0.2, 0.25) is 0 Å². The number of phenolic OH excluding ortho intramolecular Hbond substituents is 1. The van der Waals surface area contributed by atoms with Crippen molar-refractivity contribution in [2.75, 3.05) is 12.5 Å². The summed E-state index contributed by atoms with van der Waals surface area (Å²) in [6.07, 6.45) is 1.27. The molecule has 17 heavy (non-hydrogen) atoms. The van der Waals surface area contributed by atoms with E-state index in [0.29, 0.717) is 0 Å². The molecule has 1 aromatic carbocycles. The lowest BCUT2D eigenvalue weighted by molar-refractivity contribution is 0.174. The van der Waals surface area contributed by atoms with E-state index in [2.05, 4.69) is 9.68 Å². The van der Waals surface area contributed by atoms with E-state index in [9.17, 15) is 9.50 Å². The molecule has 1 aromatic heterocycles. The normalized spacial score (nSPS) is 13.0. The number of hydrogen-bond donors (Lipinski definition) is 2. The van der Waals surface area contributed by atoms with Crippen molar-refractivity contribution in [1.82, 2.24) is 5.16 Å². The summed E-state index contributed by atoms with van der Waals surface area (Å²) < 4.78 is 28.4. The topological polar surface area (TPSA) is 90.7 Å². The maximum Gasteiger partial charge on any atom is 0.231 e. The summed E-state index contributed by atoms with van der Waals surface area (Å²) >= 11 is 0. The summed E-state index contributed by atoms with van der Waals surface area (Å²) in [6.45, 7) is -0.0452. The quantitative estimate of drug-likeness (QED) is 0.782. The average molecular weight is 238 g/mol. The van der Waals surface area contributed by atoms with Crippen molar-refractivity contribution in [1.29, 1.82) is 0 Å². The third kappa shape index (κ3) is 1.28. The molecule has 0 aliphatic carbocycles. The van der Waals surface area contributed by atoms with Crippen molar-refractivity contribution >= 4 is 5.88 Å². The summed E-state index contributed by atoms with van der Waals surface area (Å²) in [4.78, 5) is 0. The van der Waals surface area contributed by atoms with Crippen LogP contribution in [-0.2, 0) is 0 Å². The lowest BCUT2D eigenvalue weighted by atomic mass is 10.1. The van der Waals surface area contributed by atoms with Crippen LogP contribution >= 0.6 is 0 Å². The molecule has 3 N–H and O–H groups in total. The number of hydrogen-bond acceptors (Lipinski definition) is 6. The number of benzene rings is 1. The minimum atomic E-state index is -0.829. The standard InChI is InChI=1S/C10H7FN2O4/c11-5-1-6-9(16-3-15-6)7(8(5)14)4-2-13-17-10(4)12/h1-2,14H,3,12H2. The summed E-state index contributed by atoms with van der Waals surface area (Å²) in [6, 6.07) is 1.05. The van der Waals surface area contributed by atoms with Gasteiger partial charge in [0.2, 0.25) is 12.7 Å². The van der Waals surface area contributed by atoms with Crippen LogP contribution < -0.4 is 15.2 Å². The molecule has 0 saturated heterocycles. The van der Waals surface area contributed by atoms with Gasteiger partial charge in [0.25, 0.3) is 0 Å². The van der Waals surface area contributed by atoms with E-state index in [0.717, 1.165) is 6.07 Å². The molecule has 0 unspecified atom stereocenters. The molecular formula is C10H7FN2O4. The number of aromatic nitrogens is 1. The molecule has 0 saturated carbocycles. The number of rotatable bonds is 1. The van der Waals surface area contributed by atoms with Gasteiger partial charge >= 0.3 is 0 Å². The van der Waals surface area contributed by atoms with Crippen molar-refractivity contribution in [3.05, 3.63) is 18.1 Å². The number of halogens is 1. The lowest BCUT2D eigenvalue weighted by Crippen LogP contribution is -1.94. The zero-order chi connectivity index (χ0) is 12.0. The van der Waals surface area contributed by atoms with E-state index in [4.69, 9.17) is 15.2 Å². The van der Waals surface area contributed by atoms with Gasteiger partial charge in [-0.3, -0.25) is 0 Å². The van der Waals surface area contributed by atoms with Gasteiger partial charge in [0.05, 0.1) is 17.3 Å². The number of anilines is 1. The molecule has 2 heterocycles. The van der Waals surface area contributed by atoms with Gasteiger partial charge in [0.15, 0.2) is 23.1 Å². The number of nitrogens with zero attached hydrogens (tertiary/aromatic N) is 1. The summed E-state index contributed by atoms with van der Waals surface area (Å²) in [7, 11) is 0. The fraction of sp³-hybridized carbons (Fsp3) is 0.100. The van der Waals surface area contributed by atoms with Gasteiger partial charge in [-0.15, -0.1) is 0 Å². The molecule has 88 valence electrons. The first kappa shape index (κ1) is 9.76. The molecule has 0 spiro atoms. The summed E-state index contributed by atoms with van der Waals surface area (Å²) in [5, 5.41) is 13.2. The Morgan fingerprint density at radius 1 is 1.41 bits per heavy atom. The van der Waals surface area contributed by atoms with Crippen molar-refractivity contribution in [3.63, 3.8) is 0 Å². The Balaban J connectivity index is 2.33. The zero-order valence-corrected chi connectivity index (χ0v) is 8.44. The molecule has 1 aliphatic heterocycles. The molecule has 0 fully saturated rings. The fourth-order valence-electron chi connectivity index (χ4n) is 1.69. The predicted molar refractivity (Wildman–Crippen MR) is 54.1 cm³/mol. The highest BCUT2D eigenvalue weighted by atomic mass is 19.1. The van der Waals surface area contributed by atoms with Gasteiger partial charge in [-0.25, -0.2) is 4.39 Å². The number of ether oxygens (including phenoxy) is 2. The van der Waals surface area contributed by atoms with Gasteiger partial charge in [0.1, 0.15) is 0 Å². The second-order valence-electron chi connectivity index (χ2n) is 3.42. The van der Waals surface area contributed by atoms with Crippen molar-refractivity contribution < 1.29 is 23.5 Å². The maximum atomic E-state index is 13.5. The van der Waals surface area contributed by atoms with E-state index < -0.39 is 11.6 Å². The predicted octanol–water partition coefficient (Wildman–Crippen LogP) is 1.50. The zero-order valence-electron chi connectivity index (χ0n) is 8.44. The fourth-order valence-corrected chi connectivity index (χ4v) is 1.69. The average Bonchev–Trinajstić information content (AvgIpc) is 2.89. The number of aromatic hydroxyl groups is 1. The Kier molecular flexibility index (Phi) is 1.88. The molecule has 3 rings (SSSR count). The van der Waals surface area contributed by atoms with Gasteiger partial charge in [-0.2, -0.15) is 0 Å². The first-order valence-electron chi connectivity index (χ1n) is 4.70. The van der Waals surface area contributed by atoms with Gasteiger partial charge in [-0.1, -0.05) is 5.16 Å². The highest BCUT2D eigenvalue weighted by molar-refractivity contribution is 5.84. The van der Waals surface area contributed by atoms with E-state index in [1.165, 1.54) is 6.20 Å². The van der Waals surface area contributed by atoms with Crippen LogP contribution in [0.5, 0.6) is 17.2 Å². The molecule has 2 aromatic rings. The first-order valence-corrected chi connectivity index (χ1v) is 4.70. The molecule has 0 radical (unpaired) electrons. The van der Waals surface area contributed by atoms with Crippen LogP contribution in [0.3, 0.4) is 0 Å². The SMILES string of the molecule is Nc1oncc1-c1c(O)c(F)cc2c1OCO2. The molecular weight excluding hydrogens is 231 g/mol. The van der Waals surface area contributed by atoms with E-state index in [1.807, 2.05) is 0 Å². The maximum absolute atomic E-state index is 13.5. The van der Waals surface area contributed by atoms with Crippen LogP contribution in [0.1, 0.15) is 0 Å². The Morgan fingerprint density at radius 3 is 2.94 bits per heavy atom. The Bertz CT molecular complexity index is 596. The Labute approximate surface area is 94.3 Å².